The number of carbonyl (C=O) groups is 2. The van der Waals surface area contributed by atoms with Crippen molar-refractivity contribution in [1.82, 2.24) is 4.90 Å². The van der Waals surface area contributed by atoms with Crippen molar-refractivity contribution in [1.29, 1.82) is 0 Å². The number of hydrogen-bond donors (Lipinski definition) is 0. The van der Waals surface area contributed by atoms with E-state index in [2.05, 4.69) is 20.8 Å². The van der Waals surface area contributed by atoms with Gasteiger partial charge in [-0.1, -0.05) is 26.8 Å². The third-order valence-corrected chi connectivity index (χ3v) is 5.84. The zero-order chi connectivity index (χ0) is 17.4. The summed E-state index contributed by atoms with van der Waals surface area (Å²) in [4.78, 5) is 27.2. The van der Waals surface area contributed by atoms with E-state index in [-0.39, 0.29) is 29.4 Å². The predicted molar refractivity (Wildman–Crippen MR) is 95.6 cm³/mol. The molecule has 2 heterocycles. The summed E-state index contributed by atoms with van der Waals surface area (Å²) in [5.41, 5.74) is 0.470. The Balaban J connectivity index is 1.53. The summed E-state index contributed by atoms with van der Waals surface area (Å²) >= 11 is 1.55. The first-order valence-corrected chi connectivity index (χ1v) is 9.32. The summed E-state index contributed by atoms with van der Waals surface area (Å²) in [7, 11) is 0. The van der Waals surface area contributed by atoms with Crippen molar-refractivity contribution >= 4 is 29.3 Å². The van der Waals surface area contributed by atoms with E-state index in [4.69, 9.17) is 4.74 Å². The minimum absolute atomic E-state index is 0.0701. The largest absolute Gasteiger partial charge is 0.452 e. The molecule has 0 radical (unpaired) electrons. The van der Waals surface area contributed by atoms with Crippen LogP contribution in [0.15, 0.2) is 23.6 Å². The molecule has 0 N–H and O–H groups in total. The summed E-state index contributed by atoms with van der Waals surface area (Å²) in [5, 5.41) is 1.95. The van der Waals surface area contributed by atoms with Gasteiger partial charge in [0.25, 0.3) is 5.91 Å². The van der Waals surface area contributed by atoms with Gasteiger partial charge in [0.05, 0.1) is 0 Å². The lowest BCUT2D eigenvalue weighted by atomic mass is 9.65. The van der Waals surface area contributed by atoms with Crippen molar-refractivity contribution in [2.24, 2.45) is 10.8 Å². The van der Waals surface area contributed by atoms with Gasteiger partial charge in [-0.2, -0.15) is 0 Å². The molecule has 24 heavy (non-hydrogen) atoms. The van der Waals surface area contributed by atoms with Crippen molar-refractivity contribution in [2.45, 2.75) is 46.1 Å². The Kier molecular flexibility index (Phi) is 4.56. The van der Waals surface area contributed by atoms with Gasteiger partial charge in [0, 0.05) is 23.5 Å². The molecule has 1 amide bonds. The van der Waals surface area contributed by atoms with Crippen LogP contribution >= 0.6 is 11.3 Å². The molecule has 1 saturated heterocycles. The molecule has 1 aromatic heterocycles. The fourth-order valence-electron chi connectivity index (χ4n) is 4.55. The van der Waals surface area contributed by atoms with Gasteiger partial charge in [-0.3, -0.25) is 4.79 Å². The Morgan fingerprint density at radius 1 is 1.38 bits per heavy atom. The number of thiophene rings is 1. The van der Waals surface area contributed by atoms with Crippen molar-refractivity contribution in [3.05, 3.63) is 28.5 Å². The molecule has 3 rings (SSSR count). The Morgan fingerprint density at radius 2 is 2.17 bits per heavy atom. The normalized spacial score (nSPS) is 28.3. The highest BCUT2D eigenvalue weighted by atomic mass is 32.1. The number of rotatable bonds is 4. The van der Waals surface area contributed by atoms with Gasteiger partial charge in [0.1, 0.15) is 0 Å². The minimum atomic E-state index is -0.467. The van der Waals surface area contributed by atoms with E-state index in [0.717, 1.165) is 30.7 Å². The number of esters is 1. The predicted octanol–water partition coefficient (Wildman–Crippen LogP) is 3.73. The van der Waals surface area contributed by atoms with E-state index in [1.807, 2.05) is 22.4 Å². The quantitative estimate of drug-likeness (QED) is 0.616. The average molecular weight is 347 g/mol. The van der Waals surface area contributed by atoms with E-state index in [1.165, 1.54) is 6.08 Å². The summed E-state index contributed by atoms with van der Waals surface area (Å²) < 4.78 is 5.14. The first-order valence-electron chi connectivity index (χ1n) is 8.44. The summed E-state index contributed by atoms with van der Waals surface area (Å²) in [6.07, 6.45) is 6.33. The second-order valence-corrected chi connectivity index (χ2v) is 9.17. The lowest BCUT2D eigenvalue weighted by molar-refractivity contribution is -0.148. The maximum Gasteiger partial charge on any atom is 0.331 e. The number of nitrogens with zero attached hydrogens (tertiary/aromatic N) is 1. The monoisotopic (exact) mass is 347 g/mol. The highest BCUT2D eigenvalue weighted by Gasteiger charge is 2.50. The van der Waals surface area contributed by atoms with Crippen LogP contribution < -0.4 is 0 Å². The molecule has 2 bridgehead atoms. The van der Waals surface area contributed by atoms with Crippen molar-refractivity contribution < 1.29 is 14.3 Å². The van der Waals surface area contributed by atoms with Gasteiger partial charge in [-0.05, 0) is 47.6 Å². The third-order valence-electron chi connectivity index (χ3n) is 5.00. The minimum Gasteiger partial charge on any atom is -0.452 e. The maximum atomic E-state index is 12.5. The molecule has 2 fully saturated rings. The number of carbonyl (C=O) groups excluding carboxylic acids is 2. The molecule has 2 atom stereocenters. The van der Waals surface area contributed by atoms with Gasteiger partial charge in [-0.25, -0.2) is 4.79 Å². The Labute approximate surface area is 147 Å². The zero-order valence-corrected chi connectivity index (χ0v) is 15.4. The van der Waals surface area contributed by atoms with E-state index < -0.39 is 5.97 Å². The highest BCUT2D eigenvalue weighted by molar-refractivity contribution is 7.10. The standard InChI is InChI=1S/C19H25NO3S/c1-18(2)9-14-10-19(3,12-18)13-20(14)16(21)11-23-17(22)7-6-15-5-4-8-24-15/h4-8,14H,9-13H2,1-3H3. The second-order valence-electron chi connectivity index (χ2n) is 8.19. The lowest BCUT2D eigenvalue weighted by Crippen LogP contribution is -2.39. The third kappa shape index (κ3) is 3.89. The number of amides is 1. The maximum absolute atomic E-state index is 12.5. The molecule has 130 valence electrons. The smallest absolute Gasteiger partial charge is 0.331 e. The Bertz CT molecular complexity index is 650. The van der Waals surface area contributed by atoms with Crippen LogP contribution in [-0.2, 0) is 14.3 Å². The molecular weight excluding hydrogens is 322 g/mol. The van der Waals surface area contributed by atoms with E-state index in [0.29, 0.717) is 0 Å². The van der Waals surface area contributed by atoms with Crippen LogP contribution in [0.2, 0.25) is 0 Å². The topological polar surface area (TPSA) is 46.6 Å². The summed E-state index contributed by atoms with van der Waals surface area (Å²) in [6, 6.07) is 4.13. The van der Waals surface area contributed by atoms with E-state index >= 15 is 0 Å². The van der Waals surface area contributed by atoms with Gasteiger partial charge in [-0.15, -0.1) is 11.3 Å². The first-order chi connectivity index (χ1) is 11.3. The second kappa shape index (κ2) is 6.36. The molecule has 5 heteroatoms. The van der Waals surface area contributed by atoms with E-state index in [9.17, 15) is 9.59 Å². The van der Waals surface area contributed by atoms with Crippen LogP contribution in [0.4, 0.5) is 0 Å². The molecular formula is C19H25NO3S. The highest BCUT2D eigenvalue weighted by Crippen LogP contribution is 2.52. The molecule has 2 aliphatic rings. The number of likely N-dealkylation sites (tertiary alicyclic amines) is 1. The zero-order valence-electron chi connectivity index (χ0n) is 14.6. The Morgan fingerprint density at radius 3 is 2.88 bits per heavy atom. The van der Waals surface area contributed by atoms with Crippen LogP contribution in [0.5, 0.6) is 0 Å². The van der Waals surface area contributed by atoms with Crippen LogP contribution in [0, 0.1) is 10.8 Å². The van der Waals surface area contributed by atoms with Crippen LogP contribution in [0.1, 0.15) is 44.9 Å². The fraction of sp³-hybridized carbons (Fsp3) is 0.579. The van der Waals surface area contributed by atoms with Crippen LogP contribution in [0.3, 0.4) is 0 Å². The number of ether oxygens (including phenoxy) is 1. The summed E-state index contributed by atoms with van der Waals surface area (Å²) in [5.74, 6) is -0.537. The molecule has 1 saturated carbocycles. The molecule has 0 spiro atoms. The van der Waals surface area contributed by atoms with Gasteiger partial charge in [0.2, 0.25) is 0 Å². The van der Waals surface area contributed by atoms with Crippen molar-refractivity contribution in [3.8, 4) is 0 Å². The van der Waals surface area contributed by atoms with Gasteiger partial charge >= 0.3 is 5.97 Å². The van der Waals surface area contributed by atoms with Gasteiger partial charge < -0.3 is 9.64 Å². The molecule has 1 aliphatic carbocycles. The molecule has 2 unspecified atom stereocenters. The lowest BCUT2D eigenvalue weighted by Gasteiger charge is -2.39. The molecule has 1 aromatic rings. The Hall–Kier alpha value is -1.62. The van der Waals surface area contributed by atoms with Crippen molar-refractivity contribution in [2.75, 3.05) is 13.2 Å². The molecule has 0 aromatic carbocycles. The summed E-state index contributed by atoms with van der Waals surface area (Å²) in [6.45, 7) is 7.44. The average Bonchev–Trinajstić information content (AvgIpc) is 3.07. The van der Waals surface area contributed by atoms with E-state index in [1.54, 1.807) is 17.4 Å². The van der Waals surface area contributed by atoms with Crippen LogP contribution in [-0.4, -0.2) is 36.0 Å². The first kappa shape index (κ1) is 17.2. The van der Waals surface area contributed by atoms with Gasteiger partial charge in [0.15, 0.2) is 6.61 Å². The number of hydrogen-bond acceptors (Lipinski definition) is 4. The fourth-order valence-corrected chi connectivity index (χ4v) is 5.17. The SMILES string of the molecule is CC1(C)CC2CC(C)(CN2C(=O)COC(=O)C=Cc2cccs2)C1. The van der Waals surface area contributed by atoms with Crippen molar-refractivity contribution in [3.63, 3.8) is 0 Å². The van der Waals surface area contributed by atoms with Crippen LogP contribution in [0.25, 0.3) is 6.08 Å². The number of fused-ring (bicyclic) bond motifs is 2. The molecule has 1 aliphatic heterocycles. The molecule has 4 nitrogen and oxygen atoms in total.